The number of ether oxygens (including phenoxy) is 2. The van der Waals surface area contributed by atoms with Crippen molar-refractivity contribution in [3.05, 3.63) is 64.8 Å². The van der Waals surface area contributed by atoms with Crippen molar-refractivity contribution in [2.45, 2.75) is 78.4 Å². The molecule has 0 radical (unpaired) electrons. The van der Waals surface area contributed by atoms with Crippen LogP contribution in [0.2, 0.25) is 0 Å². The first-order valence-corrected chi connectivity index (χ1v) is 15.0. The second-order valence-electron chi connectivity index (χ2n) is 12.2. The second kappa shape index (κ2) is 11.1. The van der Waals surface area contributed by atoms with Crippen molar-refractivity contribution < 1.29 is 19.4 Å². The summed E-state index contributed by atoms with van der Waals surface area (Å²) in [5.41, 5.74) is 8.19. The van der Waals surface area contributed by atoms with E-state index >= 15 is 0 Å². The predicted molar refractivity (Wildman–Crippen MR) is 165 cm³/mol. The molecule has 6 bridgehead atoms. The van der Waals surface area contributed by atoms with Crippen LogP contribution in [0.4, 0.5) is 5.82 Å². The smallest absolute Gasteiger partial charge is 0.308 e. The highest BCUT2D eigenvalue weighted by Crippen LogP contribution is 2.37. The third-order valence-corrected chi connectivity index (χ3v) is 8.93. The fourth-order valence-corrected chi connectivity index (χ4v) is 6.22. The van der Waals surface area contributed by atoms with E-state index in [4.69, 9.17) is 19.6 Å². The van der Waals surface area contributed by atoms with Crippen LogP contribution in [0.25, 0.3) is 28.0 Å². The summed E-state index contributed by atoms with van der Waals surface area (Å²) in [5, 5.41) is 14.8. The second-order valence-corrected chi connectivity index (χ2v) is 12.2. The maximum Gasteiger partial charge on any atom is 0.308 e. The molecule has 5 heterocycles. The van der Waals surface area contributed by atoms with Gasteiger partial charge >= 0.3 is 5.97 Å². The Morgan fingerprint density at radius 2 is 1.81 bits per heavy atom. The lowest BCUT2D eigenvalue weighted by Gasteiger charge is -2.41. The van der Waals surface area contributed by atoms with Gasteiger partial charge in [0.25, 0.3) is 0 Å². The number of carboxylic acid groups (broad SMARTS) is 1. The van der Waals surface area contributed by atoms with Crippen LogP contribution >= 0.6 is 0 Å². The number of fused-ring (bicyclic) bond motifs is 7. The van der Waals surface area contributed by atoms with E-state index in [0.29, 0.717) is 17.8 Å². The average Bonchev–Trinajstić information content (AvgIpc) is 3.37. The minimum Gasteiger partial charge on any atom is -0.490 e. The van der Waals surface area contributed by atoms with Crippen LogP contribution < -0.4 is 9.64 Å². The van der Waals surface area contributed by atoms with Crippen LogP contribution in [-0.4, -0.2) is 57.1 Å². The molecule has 3 aliphatic heterocycles. The number of hydrogen-bond donors (Lipinski definition) is 1. The van der Waals surface area contributed by atoms with E-state index in [1.807, 2.05) is 17.5 Å². The zero-order valence-corrected chi connectivity index (χ0v) is 25.2. The van der Waals surface area contributed by atoms with Gasteiger partial charge in [-0.1, -0.05) is 18.2 Å². The molecular formula is C34H40N4O4. The number of hydrogen-bond acceptors (Lipinski definition) is 6. The molecule has 0 spiro atoms. The fourth-order valence-electron chi connectivity index (χ4n) is 6.22. The first-order valence-electron chi connectivity index (χ1n) is 15.0. The maximum absolute atomic E-state index is 11.9. The summed E-state index contributed by atoms with van der Waals surface area (Å²) < 4.78 is 14.9. The molecular weight excluding hydrogens is 528 g/mol. The number of aryl methyl sites for hydroxylation is 3. The van der Waals surface area contributed by atoms with Gasteiger partial charge in [-0.25, -0.2) is 4.98 Å². The van der Waals surface area contributed by atoms with Crippen molar-refractivity contribution in [1.29, 1.82) is 0 Å². The van der Waals surface area contributed by atoms with E-state index < -0.39 is 5.97 Å². The van der Waals surface area contributed by atoms with Crippen LogP contribution in [0.15, 0.2) is 42.5 Å². The highest BCUT2D eigenvalue weighted by Gasteiger charge is 2.33. The van der Waals surface area contributed by atoms with Crippen molar-refractivity contribution >= 4 is 17.4 Å². The minimum absolute atomic E-state index is 0.0481. The van der Waals surface area contributed by atoms with Gasteiger partial charge in [0.1, 0.15) is 11.6 Å². The zero-order valence-electron chi connectivity index (χ0n) is 25.2. The Kier molecular flexibility index (Phi) is 7.43. The molecule has 42 heavy (non-hydrogen) atoms. The van der Waals surface area contributed by atoms with Crippen LogP contribution in [0.5, 0.6) is 5.75 Å². The summed E-state index contributed by atoms with van der Waals surface area (Å²) in [4.78, 5) is 19.0. The van der Waals surface area contributed by atoms with E-state index in [9.17, 15) is 9.90 Å². The van der Waals surface area contributed by atoms with Gasteiger partial charge in [0, 0.05) is 48.1 Å². The molecule has 1 atom stereocenters. The molecule has 220 valence electrons. The van der Waals surface area contributed by atoms with Crippen LogP contribution in [0, 0.1) is 20.8 Å². The molecule has 7 rings (SSSR count). The standard InChI is InChI=1S/C34H40N4O4/c1-21-16-28-25-9-6-10-26(18-25)29-20-31-35-24(4)27(19-32(39)40)33(38(31)36-29)37-13-11-34(5,12-14-37)41-15-7-8-23(3)42-30(28)17-22(21)2/h6,9-10,16-18,20,23H,7-8,11-15,19H2,1-5H3,(H,39,40). The van der Waals surface area contributed by atoms with Gasteiger partial charge in [0.2, 0.25) is 0 Å². The molecule has 1 saturated heterocycles. The number of carbonyl (C=O) groups is 1. The normalized spacial score (nSPS) is 21.0. The van der Waals surface area contributed by atoms with Gasteiger partial charge in [-0.3, -0.25) is 4.79 Å². The van der Waals surface area contributed by atoms with Gasteiger partial charge in [0.05, 0.1) is 23.8 Å². The molecule has 8 heteroatoms. The lowest BCUT2D eigenvalue weighted by atomic mass is 9.92. The highest BCUT2D eigenvalue weighted by molar-refractivity contribution is 5.78. The number of aliphatic carboxylic acids is 1. The van der Waals surface area contributed by atoms with Crippen LogP contribution in [0.1, 0.15) is 61.9 Å². The molecule has 2 aromatic heterocycles. The van der Waals surface area contributed by atoms with Crippen molar-refractivity contribution in [2.24, 2.45) is 0 Å². The molecule has 2 aromatic carbocycles. The SMILES string of the molecule is Cc1cc2c(cc1C)-c1cccc(c1)-c1cc3nc(C)c(CC(=O)O)c(n3n1)N1CCC(C)(CC1)OCCCC(C)O2. The number of aromatic nitrogens is 3. The Hall–Kier alpha value is -3.91. The molecule has 1 N–H and O–H groups in total. The Morgan fingerprint density at radius 1 is 1.07 bits per heavy atom. The van der Waals surface area contributed by atoms with E-state index in [0.717, 1.165) is 78.4 Å². The molecule has 4 aromatic rings. The number of rotatable bonds is 2. The number of piperidine rings is 1. The van der Waals surface area contributed by atoms with Crippen molar-refractivity contribution in [3.63, 3.8) is 0 Å². The maximum atomic E-state index is 11.9. The lowest BCUT2D eigenvalue weighted by Crippen LogP contribution is -2.45. The number of benzene rings is 2. The van der Waals surface area contributed by atoms with Gasteiger partial charge in [0.15, 0.2) is 5.65 Å². The molecule has 3 aliphatic rings. The Morgan fingerprint density at radius 3 is 2.57 bits per heavy atom. The molecule has 1 fully saturated rings. The van der Waals surface area contributed by atoms with E-state index in [1.165, 1.54) is 11.1 Å². The summed E-state index contributed by atoms with van der Waals surface area (Å²) in [6.07, 6.45) is 3.45. The monoisotopic (exact) mass is 568 g/mol. The highest BCUT2D eigenvalue weighted by atomic mass is 16.5. The predicted octanol–water partition coefficient (Wildman–Crippen LogP) is 6.55. The van der Waals surface area contributed by atoms with Crippen molar-refractivity contribution in [2.75, 3.05) is 24.6 Å². The van der Waals surface area contributed by atoms with Crippen molar-refractivity contribution in [1.82, 2.24) is 14.6 Å². The third-order valence-electron chi connectivity index (χ3n) is 8.93. The first-order chi connectivity index (χ1) is 20.1. The third kappa shape index (κ3) is 5.48. The molecule has 0 aliphatic carbocycles. The summed E-state index contributed by atoms with van der Waals surface area (Å²) in [6, 6.07) is 14.7. The van der Waals surface area contributed by atoms with Gasteiger partial charge < -0.3 is 19.5 Å². The van der Waals surface area contributed by atoms with E-state index in [2.05, 4.69) is 69.0 Å². The number of carboxylic acids is 1. The van der Waals surface area contributed by atoms with Gasteiger partial charge in [-0.05, 0) is 95.2 Å². The lowest BCUT2D eigenvalue weighted by molar-refractivity contribution is -0.136. The van der Waals surface area contributed by atoms with Crippen molar-refractivity contribution in [3.8, 4) is 28.1 Å². The molecule has 8 nitrogen and oxygen atoms in total. The minimum atomic E-state index is -0.878. The van der Waals surface area contributed by atoms with E-state index in [1.54, 1.807) is 0 Å². The number of nitrogens with zero attached hydrogens (tertiary/aromatic N) is 4. The summed E-state index contributed by atoms with van der Waals surface area (Å²) in [7, 11) is 0. The first kappa shape index (κ1) is 28.2. The fraction of sp³-hybridized carbons (Fsp3) is 0.441. The van der Waals surface area contributed by atoms with Crippen LogP contribution in [0.3, 0.4) is 0 Å². The quantitative estimate of drug-likeness (QED) is 0.293. The Bertz CT molecular complexity index is 1650. The molecule has 0 saturated carbocycles. The zero-order chi connectivity index (χ0) is 29.6. The van der Waals surface area contributed by atoms with E-state index in [-0.39, 0.29) is 18.1 Å². The topological polar surface area (TPSA) is 89.2 Å². The molecule has 0 amide bonds. The Balaban J connectivity index is 1.52. The summed E-state index contributed by atoms with van der Waals surface area (Å²) >= 11 is 0. The summed E-state index contributed by atoms with van der Waals surface area (Å²) in [5.74, 6) is 0.825. The largest absolute Gasteiger partial charge is 0.490 e. The molecule has 1 unspecified atom stereocenters. The average molecular weight is 569 g/mol. The van der Waals surface area contributed by atoms with Gasteiger partial charge in [-0.2, -0.15) is 9.61 Å². The van der Waals surface area contributed by atoms with Gasteiger partial charge in [-0.15, -0.1) is 0 Å². The summed E-state index contributed by atoms with van der Waals surface area (Å²) in [6.45, 7) is 12.7. The number of anilines is 1. The Labute approximate surface area is 247 Å². The van der Waals surface area contributed by atoms with Crippen LogP contribution in [-0.2, 0) is 16.0 Å².